The van der Waals surface area contributed by atoms with E-state index in [1.807, 2.05) is 0 Å². The average Bonchev–Trinajstić information content (AvgIpc) is 2.46. The van der Waals surface area contributed by atoms with Gasteiger partial charge in [0.15, 0.2) is 0 Å². The summed E-state index contributed by atoms with van der Waals surface area (Å²) < 4.78 is 0. The predicted molar refractivity (Wildman–Crippen MR) is 86.8 cm³/mol. The van der Waals surface area contributed by atoms with E-state index in [0.717, 1.165) is 12.0 Å². The van der Waals surface area contributed by atoms with Gasteiger partial charge < -0.3 is 10.2 Å². The molecule has 1 aliphatic heterocycles. The Balaban J connectivity index is 2.00. The summed E-state index contributed by atoms with van der Waals surface area (Å²) in [5.74, 6) is 1.45. The zero-order valence-corrected chi connectivity index (χ0v) is 13.5. The lowest BCUT2D eigenvalue weighted by Crippen LogP contribution is -2.45. The second-order valence-corrected chi connectivity index (χ2v) is 6.51. The van der Waals surface area contributed by atoms with Gasteiger partial charge in [-0.15, -0.1) is 0 Å². The first-order chi connectivity index (χ1) is 9.63. The Labute approximate surface area is 124 Å². The summed E-state index contributed by atoms with van der Waals surface area (Å²) in [6.45, 7) is 9.62. The van der Waals surface area contributed by atoms with Crippen LogP contribution in [-0.4, -0.2) is 31.1 Å². The molecule has 0 aromatic heterocycles. The molecular weight excluding hydrogens is 244 g/mol. The van der Waals surface area contributed by atoms with Crippen molar-refractivity contribution in [3.63, 3.8) is 0 Å². The van der Waals surface area contributed by atoms with Crippen LogP contribution in [0.1, 0.15) is 45.2 Å². The molecule has 1 fully saturated rings. The van der Waals surface area contributed by atoms with Gasteiger partial charge in [0.05, 0.1) is 0 Å². The Morgan fingerprint density at radius 3 is 2.60 bits per heavy atom. The second-order valence-electron chi connectivity index (χ2n) is 6.51. The lowest BCUT2D eigenvalue weighted by Gasteiger charge is -2.40. The molecule has 0 spiro atoms. The third kappa shape index (κ3) is 3.62. The van der Waals surface area contributed by atoms with Gasteiger partial charge in [-0.3, -0.25) is 0 Å². The Morgan fingerprint density at radius 2 is 1.95 bits per heavy atom. The fraction of sp³-hybridized carbons (Fsp3) is 0.667. The highest BCUT2D eigenvalue weighted by Crippen LogP contribution is 2.27. The van der Waals surface area contributed by atoms with Gasteiger partial charge in [-0.25, -0.2) is 0 Å². The Hall–Kier alpha value is -0.860. The molecule has 1 saturated heterocycles. The molecule has 1 aromatic rings. The van der Waals surface area contributed by atoms with Gasteiger partial charge in [-0.05, 0) is 50.8 Å². The van der Waals surface area contributed by atoms with Crippen molar-refractivity contribution in [3.8, 4) is 0 Å². The van der Waals surface area contributed by atoms with E-state index in [1.165, 1.54) is 31.5 Å². The zero-order valence-electron chi connectivity index (χ0n) is 13.5. The summed E-state index contributed by atoms with van der Waals surface area (Å²) in [4.78, 5) is 2.69. The molecule has 0 amide bonds. The summed E-state index contributed by atoms with van der Waals surface area (Å²) >= 11 is 0. The quantitative estimate of drug-likeness (QED) is 0.880. The van der Waals surface area contributed by atoms with E-state index in [4.69, 9.17) is 0 Å². The Bertz CT molecular complexity index is 390. The molecule has 0 aliphatic carbocycles. The van der Waals surface area contributed by atoms with Crippen molar-refractivity contribution in [1.29, 1.82) is 0 Å². The molecule has 112 valence electrons. The molecule has 2 heteroatoms. The van der Waals surface area contributed by atoms with E-state index in [2.05, 4.69) is 68.4 Å². The number of nitrogens with zero attached hydrogens (tertiary/aromatic N) is 1. The molecule has 4 atom stereocenters. The molecule has 1 aromatic carbocycles. The molecule has 4 unspecified atom stereocenters. The minimum Gasteiger partial charge on any atom is -0.313 e. The molecule has 1 aliphatic rings. The highest BCUT2D eigenvalue weighted by molar-refractivity contribution is 5.19. The fourth-order valence-corrected chi connectivity index (χ4v) is 3.59. The third-order valence-electron chi connectivity index (χ3n) is 5.07. The first-order valence-corrected chi connectivity index (χ1v) is 8.09. The number of rotatable bonds is 5. The largest absolute Gasteiger partial charge is 0.313 e. The highest BCUT2D eigenvalue weighted by atomic mass is 15.2. The van der Waals surface area contributed by atoms with Crippen LogP contribution < -0.4 is 5.32 Å². The summed E-state index contributed by atoms with van der Waals surface area (Å²) in [6, 6.07) is 12.0. The number of nitrogens with one attached hydrogen (secondary N) is 1. The van der Waals surface area contributed by atoms with Crippen LogP contribution in [0.5, 0.6) is 0 Å². The molecule has 0 saturated carbocycles. The number of hydrogen-bond acceptors (Lipinski definition) is 2. The highest BCUT2D eigenvalue weighted by Gasteiger charge is 2.27. The Morgan fingerprint density at radius 1 is 1.25 bits per heavy atom. The summed E-state index contributed by atoms with van der Waals surface area (Å²) in [5.41, 5.74) is 1.40. The lowest BCUT2D eigenvalue weighted by atomic mass is 9.89. The van der Waals surface area contributed by atoms with Crippen LogP contribution in [0.3, 0.4) is 0 Å². The van der Waals surface area contributed by atoms with Crippen LogP contribution in [0.15, 0.2) is 30.3 Å². The van der Waals surface area contributed by atoms with Crippen LogP contribution in [-0.2, 0) is 0 Å². The smallest absolute Gasteiger partial charge is 0.0355 e. The van der Waals surface area contributed by atoms with Crippen molar-refractivity contribution >= 4 is 0 Å². The summed E-state index contributed by atoms with van der Waals surface area (Å²) in [5, 5.41) is 3.51. The molecule has 2 rings (SSSR count). The summed E-state index contributed by atoms with van der Waals surface area (Å²) in [7, 11) is 2.08. The number of benzene rings is 1. The van der Waals surface area contributed by atoms with E-state index < -0.39 is 0 Å². The molecule has 1 heterocycles. The number of hydrogen-bond donors (Lipinski definition) is 1. The van der Waals surface area contributed by atoms with Gasteiger partial charge in [0.1, 0.15) is 0 Å². The van der Waals surface area contributed by atoms with Crippen molar-refractivity contribution in [1.82, 2.24) is 10.2 Å². The predicted octanol–water partition coefficient (Wildman–Crippen LogP) is 3.70. The number of likely N-dealkylation sites (tertiary alicyclic amines) is 1. The van der Waals surface area contributed by atoms with Crippen molar-refractivity contribution in [3.05, 3.63) is 35.9 Å². The standard InChI is InChI=1S/C18H30N2/c1-14-9-8-12-20(16(14)3)13-15(2)18(19-4)17-10-6-5-7-11-17/h5-7,10-11,14-16,18-19H,8-9,12-13H2,1-4H3. The maximum atomic E-state index is 3.51. The SMILES string of the molecule is CNC(c1ccccc1)C(C)CN1CCCC(C)C1C. The van der Waals surface area contributed by atoms with Crippen LogP contribution in [0.4, 0.5) is 0 Å². The molecule has 1 N–H and O–H groups in total. The third-order valence-corrected chi connectivity index (χ3v) is 5.07. The normalized spacial score (nSPS) is 27.2. The minimum atomic E-state index is 0.445. The van der Waals surface area contributed by atoms with Crippen LogP contribution in [0, 0.1) is 11.8 Å². The zero-order chi connectivity index (χ0) is 14.5. The average molecular weight is 274 g/mol. The van der Waals surface area contributed by atoms with Crippen molar-refractivity contribution in [2.24, 2.45) is 11.8 Å². The minimum absolute atomic E-state index is 0.445. The molecule has 0 radical (unpaired) electrons. The maximum Gasteiger partial charge on any atom is 0.0355 e. The molecular formula is C18H30N2. The van der Waals surface area contributed by atoms with Gasteiger partial charge >= 0.3 is 0 Å². The van der Waals surface area contributed by atoms with Crippen molar-refractivity contribution in [2.75, 3.05) is 20.1 Å². The van der Waals surface area contributed by atoms with E-state index in [9.17, 15) is 0 Å². The van der Waals surface area contributed by atoms with E-state index in [-0.39, 0.29) is 0 Å². The van der Waals surface area contributed by atoms with Crippen LogP contribution in [0.25, 0.3) is 0 Å². The first kappa shape index (κ1) is 15.5. The van der Waals surface area contributed by atoms with E-state index in [1.54, 1.807) is 0 Å². The summed E-state index contributed by atoms with van der Waals surface area (Å²) in [6.07, 6.45) is 2.74. The maximum absolute atomic E-state index is 3.51. The van der Waals surface area contributed by atoms with Crippen LogP contribution >= 0.6 is 0 Å². The van der Waals surface area contributed by atoms with E-state index >= 15 is 0 Å². The van der Waals surface area contributed by atoms with E-state index in [0.29, 0.717) is 12.0 Å². The van der Waals surface area contributed by atoms with Crippen molar-refractivity contribution in [2.45, 2.75) is 45.7 Å². The van der Waals surface area contributed by atoms with Crippen molar-refractivity contribution < 1.29 is 0 Å². The molecule has 20 heavy (non-hydrogen) atoms. The molecule has 2 nitrogen and oxygen atoms in total. The fourth-order valence-electron chi connectivity index (χ4n) is 3.59. The van der Waals surface area contributed by atoms with Crippen LogP contribution in [0.2, 0.25) is 0 Å². The molecule has 0 bridgehead atoms. The van der Waals surface area contributed by atoms with Gasteiger partial charge in [0, 0.05) is 18.6 Å². The lowest BCUT2D eigenvalue weighted by molar-refractivity contribution is 0.0908. The van der Waals surface area contributed by atoms with Gasteiger partial charge in [0.25, 0.3) is 0 Å². The monoisotopic (exact) mass is 274 g/mol. The van der Waals surface area contributed by atoms with Gasteiger partial charge in [-0.2, -0.15) is 0 Å². The van der Waals surface area contributed by atoms with Gasteiger partial charge in [-0.1, -0.05) is 44.2 Å². The topological polar surface area (TPSA) is 15.3 Å². The number of piperidine rings is 1. The second kappa shape index (κ2) is 7.24. The van der Waals surface area contributed by atoms with Gasteiger partial charge in [0.2, 0.25) is 0 Å². The Kier molecular flexibility index (Phi) is 5.62. The first-order valence-electron chi connectivity index (χ1n) is 8.09.